The molecular formula is C16H17FN2O2. The molecule has 0 spiro atoms. The van der Waals surface area contributed by atoms with Gasteiger partial charge >= 0.3 is 0 Å². The first-order chi connectivity index (χ1) is 10.2. The average Bonchev–Trinajstić information content (AvgIpc) is 2.90. The van der Waals surface area contributed by atoms with E-state index in [9.17, 15) is 9.50 Å². The molecule has 0 bridgehead atoms. The predicted molar refractivity (Wildman–Crippen MR) is 77.9 cm³/mol. The predicted octanol–water partition coefficient (Wildman–Crippen LogP) is 2.54. The third-order valence-corrected chi connectivity index (χ3v) is 3.76. The normalized spacial score (nSPS) is 21.6. The molecule has 0 saturated carbocycles. The summed E-state index contributed by atoms with van der Waals surface area (Å²) in [5.74, 6) is 1.08. The van der Waals surface area contributed by atoms with E-state index in [0.29, 0.717) is 18.8 Å². The number of anilines is 1. The summed E-state index contributed by atoms with van der Waals surface area (Å²) >= 11 is 0. The molecule has 1 saturated heterocycles. The fourth-order valence-corrected chi connectivity index (χ4v) is 2.77. The molecule has 1 fully saturated rings. The second-order valence-corrected chi connectivity index (χ2v) is 5.17. The Labute approximate surface area is 122 Å². The monoisotopic (exact) mass is 288 g/mol. The molecule has 1 aromatic carbocycles. The second kappa shape index (κ2) is 5.69. The molecule has 0 radical (unpaired) electrons. The van der Waals surface area contributed by atoms with E-state index in [0.717, 1.165) is 11.3 Å². The van der Waals surface area contributed by atoms with Gasteiger partial charge in [0.1, 0.15) is 17.4 Å². The lowest BCUT2D eigenvalue weighted by atomic mass is 10.0. The minimum atomic E-state index is -0.423. The van der Waals surface area contributed by atoms with Crippen molar-refractivity contribution in [3.05, 3.63) is 54.0 Å². The van der Waals surface area contributed by atoms with Crippen LogP contribution in [0.4, 0.5) is 10.2 Å². The second-order valence-electron chi connectivity index (χ2n) is 5.17. The van der Waals surface area contributed by atoms with Gasteiger partial charge in [0.25, 0.3) is 0 Å². The molecule has 2 atom stereocenters. The van der Waals surface area contributed by atoms with Crippen LogP contribution in [0.2, 0.25) is 0 Å². The van der Waals surface area contributed by atoms with Gasteiger partial charge in [-0.05, 0) is 36.2 Å². The number of aromatic nitrogens is 1. The molecule has 0 aliphatic carbocycles. The van der Waals surface area contributed by atoms with Gasteiger partial charge in [-0.3, -0.25) is 0 Å². The molecule has 4 nitrogen and oxygen atoms in total. The first-order valence-electron chi connectivity index (χ1n) is 6.87. The first kappa shape index (κ1) is 13.8. The number of ether oxygens (including phenoxy) is 1. The summed E-state index contributed by atoms with van der Waals surface area (Å²) in [6, 6.07) is 10.8. The van der Waals surface area contributed by atoms with Crippen molar-refractivity contribution in [3.8, 4) is 5.75 Å². The molecule has 0 unspecified atom stereocenters. The standard InChI is InChI=1S/C16H17FN2O2/c1-21-14-4-2-3-11(7-14)15-8-13(20)10-19(15)16-6-5-12(17)9-18-16/h2-7,9,13,15,20H,8,10H2,1H3/t13-,15+/m1/s1. The smallest absolute Gasteiger partial charge is 0.141 e. The van der Waals surface area contributed by atoms with Gasteiger partial charge in [-0.1, -0.05) is 12.1 Å². The Bertz CT molecular complexity index is 618. The van der Waals surface area contributed by atoms with Gasteiger partial charge in [0, 0.05) is 6.54 Å². The molecule has 5 heteroatoms. The van der Waals surface area contributed by atoms with Crippen molar-refractivity contribution >= 4 is 5.82 Å². The summed E-state index contributed by atoms with van der Waals surface area (Å²) < 4.78 is 18.3. The number of hydrogen-bond acceptors (Lipinski definition) is 4. The van der Waals surface area contributed by atoms with Crippen LogP contribution in [0.15, 0.2) is 42.6 Å². The number of aliphatic hydroxyl groups is 1. The minimum Gasteiger partial charge on any atom is -0.497 e. The lowest BCUT2D eigenvalue weighted by Gasteiger charge is -2.26. The Hall–Kier alpha value is -2.14. The van der Waals surface area contributed by atoms with Crippen LogP contribution in [0, 0.1) is 5.82 Å². The highest BCUT2D eigenvalue weighted by Crippen LogP contribution is 2.36. The van der Waals surface area contributed by atoms with Crippen LogP contribution in [0.25, 0.3) is 0 Å². The number of nitrogens with zero attached hydrogens (tertiary/aromatic N) is 2. The molecule has 110 valence electrons. The van der Waals surface area contributed by atoms with Crippen molar-refractivity contribution in [1.82, 2.24) is 4.98 Å². The van der Waals surface area contributed by atoms with Crippen molar-refractivity contribution in [3.63, 3.8) is 0 Å². The van der Waals surface area contributed by atoms with Crippen molar-refractivity contribution in [1.29, 1.82) is 0 Å². The fourth-order valence-electron chi connectivity index (χ4n) is 2.77. The van der Waals surface area contributed by atoms with E-state index in [1.807, 2.05) is 29.2 Å². The van der Waals surface area contributed by atoms with Gasteiger partial charge in [0.2, 0.25) is 0 Å². The Balaban J connectivity index is 1.93. The van der Waals surface area contributed by atoms with E-state index in [1.165, 1.54) is 12.3 Å². The van der Waals surface area contributed by atoms with Crippen LogP contribution in [0.3, 0.4) is 0 Å². The maximum atomic E-state index is 13.0. The molecule has 0 amide bonds. The van der Waals surface area contributed by atoms with Crippen LogP contribution in [0.1, 0.15) is 18.0 Å². The van der Waals surface area contributed by atoms with Crippen molar-refractivity contribution in [2.24, 2.45) is 0 Å². The van der Waals surface area contributed by atoms with E-state index < -0.39 is 6.10 Å². The van der Waals surface area contributed by atoms with Crippen molar-refractivity contribution in [2.45, 2.75) is 18.6 Å². The minimum absolute atomic E-state index is 0.00746. The zero-order valence-electron chi connectivity index (χ0n) is 11.7. The zero-order valence-corrected chi connectivity index (χ0v) is 11.7. The van der Waals surface area contributed by atoms with Gasteiger partial charge in [-0.2, -0.15) is 0 Å². The Kier molecular flexibility index (Phi) is 3.75. The maximum Gasteiger partial charge on any atom is 0.141 e. The molecule has 2 heterocycles. The van der Waals surface area contributed by atoms with Crippen LogP contribution in [-0.2, 0) is 0 Å². The van der Waals surface area contributed by atoms with Gasteiger partial charge in [-0.25, -0.2) is 9.37 Å². The van der Waals surface area contributed by atoms with Gasteiger partial charge < -0.3 is 14.7 Å². The van der Waals surface area contributed by atoms with Gasteiger partial charge in [0.15, 0.2) is 0 Å². The average molecular weight is 288 g/mol. The zero-order chi connectivity index (χ0) is 14.8. The van der Waals surface area contributed by atoms with Crippen LogP contribution < -0.4 is 9.64 Å². The molecular weight excluding hydrogens is 271 g/mol. The fraction of sp³-hybridized carbons (Fsp3) is 0.312. The topological polar surface area (TPSA) is 45.6 Å². The molecule has 3 rings (SSSR count). The quantitative estimate of drug-likeness (QED) is 0.942. The highest BCUT2D eigenvalue weighted by molar-refractivity contribution is 5.45. The number of benzene rings is 1. The SMILES string of the molecule is COc1cccc([C@@H]2C[C@@H](O)CN2c2ccc(F)cn2)c1. The Morgan fingerprint density at radius 3 is 2.90 bits per heavy atom. The largest absolute Gasteiger partial charge is 0.497 e. The van der Waals surface area contributed by atoms with Gasteiger partial charge in [-0.15, -0.1) is 0 Å². The molecule has 2 aromatic rings. The number of methoxy groups -OCH3 is 1. The number of rotatable bonds is 3. The van der Waals surface area contributed by atoms with E-state index >= 15 is 0 Å². The van der Waals surface area contributed by atoms with E-state index in [4.69, 9.17) is 4.74 Å². The van der Waals surface area contributed by atoms with Crippen LogP contribution in [0.5, 0.6) is 5.75 Å². The molecule has 1 aliphatic heterocycles. The van der Waals surface area contributed by atoms with E-state index in [2.05, 4.69) is 4.98 Å². The van der Waals surface area contributed by atoms with E-state index in [-0.39, 0.29) is 11.9 Å². The van der Waals surface area contributed by atoms with Gasteiger partial charge in [0.05, 0.1) is 25.5 Å². The Morgan fingerprint density at radius 1 is 1.33 bits per heavy atom. The number of β-amino-alcohol motifs (C(OH)–C–C–N with tert-alkyl or cyclic N) is 1. The summed E-state index contributed by atoms with van der Waals surface area (Å²) in [6.07, 6.45) is 1.39. The lowest BCUT2D eigenvalue weighted by molar-refractivity contribution is 0.194. The third-order valence-electron chi connectivity index (χ3n) is 3.76. The number of pyridine rings is 1. The highest BCUT2D eigenvalue weighted by atomic mass is 19.1. The Morgan fingerprint density at radius 2 is 2.19 bits per heavy atom. The summed E-state index contributed by atoms with van der Waals surface area (Å²) in [7, 11) is 1.63. The third kappa shape index (κ3) is 2.83. The molecule has 21 heavy (non-hydrogen) atoms. The first-order valence-corrected chi connectivity index (χ1v) is 6.87. The summed E-state index contributed by atoms with van der Waals surface area (Å²) in [6.45, 7) is 0.487. The maximum absolute atomic E-state index is 13.0. The number of halogens is 1. The lowest BCUT2D eigenvalue weighted by Crippen LogP contribution is -2.25. The van der Waals surface area contributed by atoms with Crippen LogP contribution >= 0.6 is 0 Å². The molecule has 1 N–H and O–H groups in total. The molecule has 1 aromatic heterocycles. The summed E-state index contributed by atoms with van der Waals surface area (Å²) in [5.41, 5.74) is 1.05. The van der Waals surface area contributed by atoms with Crippen LogP contribution in [-0.4, -0.2) is 29.8 Å². The number of aliphatic hydroxyl groups excluding tert-OH is 1. The van der Waals surface area contributed by atoms with E-state index in [1.54, 1.807) is 13.2 Å². The summed E-state index contributed by atoms with van der Waals surface area (Å²) in [4.78, 5) is 6.12. The van der Waals surface area contributed by atoms with Crippen molar-refractivity contribution in [2.75, 3.05) is 18.6 Å². The summed E-state index contributed by atoms with van der Waals surface area (Å²) in [5, 5.41) is 10.00. The van der Waals surface area contributed by atoms with Crippen molar-refractivity contribution < 1.29 is 14.2 Å². The highest BCUT2D eigenvalue weighted by Gasteiger charge is 2.33. The number of hydrogen-bond donors (Lipinski definition) is 1. The molecule has 1 aliphatic rings.